The molecule has 10 nitrogen and oxygen atoms in total. The smallest absolute Gasteiger partial charge is 0.115 e. The summed E-state index contributed by atoms with van der Waals surface area (Å²) in [5.74, 6) is 0. The molecule has 0 spiro atoms. The van der Waals surface area contributed by atoms with Crippen molar-refractivity contribution in [3.05, 3.63) is 353 Å². The maximum absolute atomic E-state index is 8.76. The standard InChI is InChI=1S/5C21H26ClNO/c5*1-21(17-7-4-3-5-8-17,18-10-12-19(22)13-11-18)24-16-14-20-9-6-15-23(20)2/h5*3-5,7-8,10-13,20H,6,9,14-16H2,1-2H3/t5*20-,21-/m11111/s1/i3D,4D,5D,6D2,7D,8D,9D2,10D,11D,12D,13D,15D2,20D;3D,4D,5D,7D,8D,10D,11D,12D,13D,14D2;3D,4D,5D,7D,8D,10D,11D,12D,13D;6D2,9D2,14D2,15D2,16D2,20D;14D2,16D2. The molecule has 10 atom stereocenters. The van der Waals surface area contributed by atoms with E-state index in [4.69, 9.17) is 152 Å². The Kier molecular flexibility index (Phi) is 18.1. The fourth-order valence-corrected chi connectivity index (χ4v) is 14.0. The minimum atomic E-state index is -3.59. The van der Waals surface area contributed by atoms with Gasteiger partial charge in [-0.1, -0.05) is 270 Å². The lowest BCUT2D eigenvalue weighted by molar-refractivity contribution is -0.0119. The molecule has 5 heterocycles. The Morgan fingerprint density at radius 3 is 0.983 bits per heavy atom. The van der Waals surface area contributed by atoms with Gasteiger partial charge in [-0.25, -0.2) is 0 Å². The summed E-state index contributed by atoms with van der Waals surface area (Å²) in [5.41, 5.74) is -9.25. The molecular weight excluding hydrogens is 1590 g/mol. The van der Waals surface area contributed by atoms with Crippen LogP contribution in [0.5, 0.6) is 0 Å². The fourth-order valence-electron chi connectivity index (χ4n) is 13.5. The van der Waals surface area contributed by atoms with Crippen LogP contribution in [0.3, 0.4) is 0 Å². The van der Waals surface area contributed by atoms with Gasteiger partial charge in [0.25, 0.3) is 0 Å². The van der Waals surface area contributed by atoms with E-state index in [0.717, 1.165) is 65.4 Å². The Morgan fingerprint density at radius 2 is 0.633 bits per heavy atom. The number of rotatable bonds is 30. The molecule has 5 aliphatic rings. The van der Waals surface area contributed by atoms with Crippen molar-refractivity contribution < 1.29 is 93.6 Å². The lowest BCUT2D eigenvalue weighted by atomic mass is 9.88. The molecule has 0 saturated carbocycles. The largest absolute Gasteiger partial charge is 0.366 e. The van der Waals surface area contributed by atoms with Gasteiger partial charge in [-0.05, 0) is 315 Å². The number of hydrogen-bond donors (Lipinski definition) is 0. The summed E-state index contributed by atoms with van der Waals surface area (Å²) in [5, 5.41) is -0.347. The second-order valence-corrected chi connectivity index (χ2v) is 31.1. The molecule has 5 fully saturated rings. The molecule has 15 heteroatoms. The molecule has 0 bridgehead atoms. The number of likely N-dealkylation sites (tertiary alicyclic amines) is 5. The quantitative estimate of drug-likeness (QED) is 0.0435. The van der Waals surface area contributed by atoms with Crippen LogP contribution in [0, 0.1) is 0 Å². The summed E-state index contributed by atoms with van der Waals surface area (Å²) < 4.78 is 454. The monoisotopic (exact) mass is 1770 g/mol. The van der Waals surface area contributed by atoms with E-state index in [0.29, 0.717) is 57.4 Å². The Labute approximate surface area is 816 Å². The van der Waals surface area contributed by atoms with Gasteiger partial charge in [-0.2, -0.15) is 0 Å². The van der Waals surface area contributed by atoms with Crippen LogP contribution in [0.15, 0.2) is 272 Å². The number of hydrogen-bond acceptors (Lipinski definition) is 10. The van der Waals surface area contributed by atoms with Crippen molar-refractivity contribution in [2.75, 3.05) is 101 Å². The molecule has 0 aliphatic carbocycles. The zero-order valence-electron chi connectivity index (χ0n) is 119. The van der Waals surface area contributed by atoms with Crippen molar-refractivity contribution >= 4 is 58.0 Å². The van der Waals surface area contributed by atoms with E-state index in [2.05, 4.69) is 4.90 Å². The van der Waals surface area contributed by atoms with Crippen molar-refractivity contribution in [1.29, 1.82) is 0 Å². The highest BCUT2D eigenvalue weighted by Crippen LogP contribution is 2.41. The van der Waals surface area contributed by atoms with Crippen molar-refractivity contribution in [3.63, 3.8) is 0 Å². The van der Waals surface area contributed by atoms with Crippen LogP contribution in [0.25, 0.3) is 0 Å². The molecule has 5 aliphatic heterocycles. The normalized spacial score (nSPS) is 31.3. The molecule has 0 amide bonds. The average molecular weight is 1770 g/mol. The molecule has 0 N–H and O–H groups in total. The third-order valence-corrected chi connectivity index (χ3v) is 22.1. The Balaban J connectivity index is 0.000000200. The molecule has 120 heavy (non-hydrogen) atoms. The molecule has 10 aromatic carbocycles. The molecular formula is C105H130Cl5N5O5. The van der Waals surface area contributed by atoms with Crippen LogP contribution in [-0.4, -0.2) is 155 Å². The molecule has 0 aromatic heterocycles. The lowest BCUT2D eigenvalue weighted by Crippen LogP contribution is -2.31. The van der Waals surface area contributed by atoms with Gasteiger partial charge < -0.3 is 48.2 Å². The minimum absolute atomic E-state index is 0.121. The second kappa shape index (κ2) is 46.3. The molecule has 15 rings (SSSR count). The van der Waals surface area contributed by atoms with E-state index in [9.17, 15) is 0 Å². The van der Waals surface area contributed by atoms with Crippen LogP contribution >= 0.6 is 58.0 Å². The topological polar surface area (TPSA) is 62.4 Å². The van der Waals surface area contributed by atoms with Gasteiger partial charge in [-0.3, -0.25) is 0 Å². The first-order valence-electron chi connectivity index (χ1n) is 64.2. The summed E-state index contributed by atoms with van der Waals surface area (Å²) in [6.45, 7) is -3.65. The molecule has 640 valence electrons. The van der Waals surface area contributed by atoms with Gasteiger partial charge in [0.1, 0.15) is 28.0 Å². The van der Waals surface area contributed by atoms with Gasteiger partial charge in [0, 0.05) is 116 Å². The van der Waals surface area contributed by atoms with E-state index in [1.807, 2.05) is 54.2 Å². The predicted octanol–water partition coefficient (Wildman–Crippen LogP) is 25.5. The molecule has 5 saturated heterocycles. The van der Waals surface area contributed by atoms with Crippen molar-refractivity contribution in [2.24, 2.45) is 0 Å². The van der Waals surface area contributed by atoms with E-state index in [1.165, 1.54) is 20.8 Å². The third kappa shape index (κ3) is 26.0. The predicted molar refractivity (Wildman–Crippen MR) is 503 cm³/mol. The van der Waals surface area contributed by atoms with Crippen LogP contribution in [0.2, 0.25) is 25.1 Å². The second-order valence-electron chi connectivity index (χ2n) is 29.1. The first-order chi connectivity index (χ1) is 78.2. The first-order valence-corrected chi connectivity index (χ1v) is 40.6. The van der Waals surface area contributed by atoms with E-state index in [1.54, 1.807) is 92.8 Å². The molecule has 0 unspecified atom stereocenters. The Bertz CT molecular complexity index is 7160. The van der Waals surface area contributed by atoms with Gasteiger partial charge in [0.15, 0.2) is 0 Å². The van der Waals surface area contributed by atoms with Crippen LogP contribution in [0.4, 0.5) is 0 Å². The van der Waals surface area contributed by atoms with Gasteiger partial charge in [-0.15, -0.1) is 0 Å². The maximum Gasteiger partial charge on any atom is 0.115 e. The van der Waals surface area contributed by atoms with Crippen molar-refractivity contribution in [2.45, 2.75) is 189 Å². The molecule has 0 radical (unpaired) electrons. The highest BCUT2D eigenvalue weighted by atomic mass is 35.5. The zero-order valence-corrected chi connectivity index (χ0v) is 72.0. The number of halogens is 5. The van der Waals surface area contributed by atoms with E-state index >= 15 is 0 Å². The Morgan fingerprint density at radius 1 is 0.325 bits per heavy atom. The third-order valence-electron chi connectivity index (χ3n) is 21.0. The highest BCUT2D eigenvalue weighted by molar-refractivity contribution is 6.31. The summed E-state index contributed by atoms with van der Waals surface area (Å²) in [6, 6.07) is 7.23. The summed E-state index contributed by atoms with van der Waals surface area (Å²) in [7, 11) is 7.52. The fraction of sp³-hybridized carbons (Fsp3) is 0.429. The maximum atomic E-state index is 8.76. The SMILES string of the molecule is [2H]C([2H])(O[C@](C)(c1ccccc1)c1ccc(Cl)cc1)C([2H])([2H])[C@H]1CCCN1C.[2H]C([2H])(O[C@](C)(c1ccccc1)c1ccc(Cl)cc1)C([2H])([2H])[C@]1([2H])N(C)C([2H])([2H])C([2H])([2H])C1([2H])[2H].[2H]c1c([2H])c([2H])c([C@@](C)(OCC([2H])([2H])[C@H]2CCCN2C)c2c([2H])c([2H])c(Cl)c([2H])c2[2H])c([2H])c1[2H].[2H]c1c([2H])c([2H])c([C@@](C)(OCC[C@H]2CCCN2C)c2c([2H])c([2H])c(Cl)c([2H])c2[2H])c([2H])c1[2H].[2H]c1c([2H])c([2H])c([C@@](C)(OCC[C@]2([2H])N(C)C([2H])([2H])C([2H])([2H])C2([2H])[2H])c2c([2H])c([2H])c(Cl)c([2H])c2[2H])c([2H])c1[2H]. The van der Waals surface area contributed by atoms with E-state index < -0.39 is 338 Å². The highest BCUT2D eigenvalue weighted by Gasteiger charge is 2.37. The van der Waals surface area contributed by atoms with Gasteiger partial charge in [0.05, 0.1) is 42.5 Å². The number of nitrogens with zero attached hydrogens (tertiary/aromatic N) is 5. The van der Waals surface area contributed by atoms with Crippen molar-refractivity contribution in [1.82, 2.24) is 24.5 Å². The van der Waals surface area contributed by atoms with Crippen LogP contribution in [0.1, 0.15) is 256 Å². The van der Waals surface area contributed by atoms with Crippen molar-refractivity contribution in [3.8, 4) is 0 Å². The average Bonchev–Trinajstić information content (AvgIpc) is 1.49. The lowest BCUT2D eigenvalue weighted by Gasteiger charge is -2.32. The van der Waals surface area contributed by atoms with Crippen LogP contribution < -0.4 is 0 Å². The number of ether oxygens (including phenoxy) is 5. The Hall–Kier alpha value is -6.75. The summed E-state index contributed by atoms with van der Waals surface area (Å²) >= 11 is 29.9. The minimum Gasteiger partial charge on any atom is -0.366 e. The van der Waals surface area contributed by atoms with Gasteiger partial charge >= 0.3 is 0 Å². The first kappa shape index (κ1) is 47.0. The molecule has 10 aromatic rings. The number of benzene rings is 10. The zero-order chi connectivity index (χ0) is 130. The summed E-state index contributed by atoms with van der Waals surface area (Å²) in [6.07, 6.45) is -16.0. The van der Waals surface area contributed by atoms with E-state index in [-0.39, 0.29) is 33.7 Å². The van der Waals surface area contributed by atoms with Crippen LogP contribution in [-0.2, 0) is 51.7 Å². The summed E-state index contributed by atoms with van der Waals surface area (Å²) in [4.78, 5) is 6.78. The van der Waals surface area contributed by atoms with Gasteiger partial charge in [0.2, 0.25) is 0 Å².